The fraction of sp³-hybridized carbons (Fsp3) is 0.120. The Morgan fingerprint density at radius 1 is 1.09 bits per heavy atom. The molecule has 166 valence electrons. The fourth-order valence-electron chi connectivity index (χ4n) is 3.23. The van der Waals surface area contributed by atoms with Gasteiger partial charge in [0.15, 0.2) is 5.17 Å². The van der Waals surface area contributed by atoms with Gasteiger partial charge in [-0.15, -0.1) is 11.7 Å². The Morgan fingerprint density at radius 3 is 2.55 bits per heavy atom. The molecule has 2 heterocycles. The van der Waals surface area contributed by atoms with E-state index in [1.807, 2.05) is 54.6 Å². The van der Waals surface area contributed by atoms with E-state index in [0.29, 0.717) is 16.6 Å². The Balaban J connectivity index is 1.42. The molecule has 1 fully saturated rings. The topological polar surface area (TPSA) is 87.3 Å². The summed E-state index contributed by atoms with van der Waals surface area (Å²) in [6.07, 6.45) is 3.14. The van der Waals surface area contributed by atoms with Crippen molar-refractivity contribution in [1.82, 2.24) is 4.90 Å². The van der Waals surface area contributed by atoms with Crippen molar-refractivity contribution in [2.24, 2.45) is 10.2 Å². The molecule has 7 nitrogen and oxygen atoms in total. The average Bonchev–Trinajstić information content (AvgIpc) is 3.41. The molecule has 4 rings (SSSR count). The molecule has 1 saturated heterocycles. The average molecular weight is 459 g/mol. The lowest BCUT2D eigenvalue weighted by Crippen LogP contribution is -2.33. The summed E-state index contributed by atoms with van der Waals surface area (Å²) in [5.41, 5.74) is 1.65. The third-order valence-electron chi connectivity index (χ3n) is 4.77. The van der Waals surface area contributed by atoms with Gasteiger partial charge in [0.2, 0.25) is 11.8 Å². The van der Waals surface area contributed by atoms with E-state index < -0.39 is 5.25 Å². The van der Waals surface area contributed by atoms with Crippen molar-refractivity contribution in [2.45, 2.75) is 11.7 Å². The summed E-state index contributed by atoms with van der Waals surface area (Å²) in [6.45, 7) is 3.99. The summed E-state index contributed by atoms with van der Waals surface area (Å²) in [7, 11) is 0. The van der Waals surface area contributed by atoms with E-state index in [1.54, 1.807) is 24.3 Å². The van der Waals surface area contributed by atoms with E-state index in [1.165, 1.54) is 22.9 Å². The van der Waals surface area contributed by atoms with Crippen LogP contribution in [0.15, 0.2) is 100 Å². The van der Waals surface area contributed by atoms with Gasteiger partial charge in [-0.25, -0.2) is 0 Å². The lowest BCUT2D eigenvalue weighted by molar-refractivity contribution is -0.127. The minimum absolute atomic E-state index is 0.0351. The fourth-order valence-corrected chi connectivity index (χ4v) is 4.33. The molecular weight excluding hydrogens is 436 g/mol. The van der Waals surface area contributed by atoms with E-state index in [9.17, 15) is 9.59 Å². The van der Waals surface area contributed by atoms with Crippen LogP contribution in [0.1, 0.15) is 12.2 Å². The number of carbonyl (C=O) groups excluding carboxylic acids is 2. The third kappa shape index (κ3) is 5.67. The minimum Gasteiger partial charge on any atom is -0.455 e. The molecule has 1 atom stereocenters. The molecule has 0 aliphatic carbocycles. The van der Waals surface area contributed by atoms with Gasteiger partial charge in [0.25, 0.3) is 0 Å². The van der Waals surface area contributed by atoms with Crippen molar-refractivity contribution in [1.29, 1.82) is 0 Å². The lowest BCUT2D eigenvalue weighted by Gasteiger charge is -2.12. The van der Waals surface area contributed by atoms with Crippen molar-refractivity contribution in [3.05, 3.63) is 91.2 Å². The molecule has 8 heteroatoms. The van der Waals surface area contributed by atoms with Gasteiger partial charge in [0.1, 0.15) is 16.8 Å². The highest BCUT2D eigenvalue weighted by molar-refractivity contribution is 8.15. The highest BCUT2D eigenvalue weighted by atomic mass is 32.2. The maximum absolute atomic E-state index is 12.8. The summed E-state index contributed by atoms with van der Waals surface area (Å²) in [4.78, 5) is 26.7. The van der Waals surface area contributed by atoms with Gasteiger partial charge in [-0.2, -0.15) is 5.10 Å². The first-order valence-corrected chi connectivity index (χ1v) is 11.2. The van der Waals surface area contributed by atoms with Gasteiger partial charge < -0.3 is 9.73 Å². The quantitative estimate of drug-likeness (QED) is 0.299. The van der Waals surface area contributed by atoms with Gasteiger partial charge in [0, 0.05) is 24.2 Å². The largest absolute Gasteiger partial charge is 0.455 e. The zero-order valence-corrected chi connectivity index (χ0v) is 18.6. The van der Waals surface area contributed by atoms with Crippen LogP contribution in [0.4, 0.5) is 5.69 Å². The molecular formula is C25H22N4O3S. The molecule has 2 aromatic carbocycles. The Hall–Kier alpha value is -3.91. The summed E-state index contributed by atoms with van der Waals surface area (Å²) in [5, 5.41) is 11.0. The number of rotatable bonds is 8. The SMILES string of the molecule is C=CCN1C(=O)C(CC(=O)Nc2ccccc2)S/C1=N\N=C\c1ccc(-c2ccccc2)o1. The van der Waals surface area contributed by atoms with Crippen LogP contribution in [0.3, 0.4) is 0 Å². The molecule has 0 bridgehead atoms. The van der Waals surface area contributed by atoms with E-state index >= 15 is 0 Å². The van der Waals surface area contributed by atoms with E-state index in [0.717, 1.165) is 11.3 Å². The molecule has 1 aliphatic heterocycles. The number of para-hydroxylation sites is 1. The molecule has 1 aliphatic rings. The molecule has 2 amide bonds. The van der Waals surface area contributed by atoms with Crippen molar-refractivity contribution >= 4 is 40.6 Å². The number of hydrogen-bond acceptors (Lipinski definition) is 6. The number of hydrogen-bond donors (Lipinski definition) is 1. The Morgan fingerprint density at radius 2 is 1.82 bits per heavy atom. The smallest absolute Gasteiger partial charge is 0.243 e. The predicted octanol–water partition coefficient (Wildman–Crippen LogP) is 4.80. The van der Waals surface area contributed by atoms with Crippen LogP contribution in [-0.4, -0.2) is 39.9 Å². The molecule has 0 radical (unpaired) electrons. The number of nitrogens with one attached hydrogen (secondary N) is 1. The van der Waals surface area contributed by atoms with Crippen LogP contribution in [0.5, 0.6) is 0 Å². The predicted molar refractivity (Wildman–Crippen MR) is 132 cm³/mol. The lowest BCUT2D eigenvalue weighted by atomic mass is 10.2. The summed E-state index contributed by atoms with van der Waals surface area (Å²) >= 11 is 1.22. The van der Waals surface area contributed by atoms with E-state index in [2.05, 4.69) is 22.1 Å². The first kappa shape index (κ1) is 22.3. The van der Waals surface area contributed by atoms with Crippen LogP contribution in [0, 0.1) is 0 Å². The van der Waals surface area contributed by atoms with Gasteiger partial charge in [-0.05, 0) is 24.3 Å². The molecule has 1 unspecified atom stereocenters. The van der Waals surface area contributed by atoms with Crippen LogP contribution < -0.4 is 5.32 Å². The summed E-state index contributed by atoms with van der Waals surface area (Å²) in [5.74, 6) is 0.843. The Bertz CT molecular complexity index is 1190. The van der Waals surface area contributed by atoms with Crippen molar-refractivity contribution in [3.63, 3.8) is 0 Å². The van der Waals surface area contributed by atoms with Gasteiger partial charge in [0.05, 0.1) is 6.21 Å². The molecule has 0 spiro atoms. The first-order valence-electron chi connectivity index (χ1n) is 10.3. The van der Waals surface area contributed by atoms with Gasteiger partial charge in [-0.1, -0.05) is 66.4 Å². The second kappa shape index (κ2) is 10.6. The highest BCUT2D eigenvalue weighted by Crippen LogP contribution is 2.30. The van der Waals surface area contributed by atoms with Crippen molar-refractivity contribution < 1.29 is 14.0 Å². The van der Waals surface area contributed by atoms with Crippen LogP contribution in [0.2, 0.25) is 0 Å². The number of furan rings is 1. The second-order valence-electron chi connectivity index (χ2n) is 7.16. The Kier molecular flexibility index (Phi) is 7.16. The van der Waals surface area contributed by atoms with Crippen LogP contribution >= 0.6 is 11.8 Å². The number of carbonyl (C=O) groups is 2. The van der Waals surface area contributed by atoms with E-state index in [4.69, 9.17) is 4.42 Å². The summed E-state index contributed by atoms with van der Waals surface area (Å²) < 4.78 is 5.79. The maximum atomic E-state index is 12.8. The molecule has 33 heavy (non-hydrogen) atoms. The number of amidine groups is 1. The van der Waals surface area contributed by atoms with Crippen molar-refractivity contribution in [2.75, 3.05) is 11.9 Å². The molecule has 1 aromatic heterocycles. The van der Waals surface area contributed by atoms with Gasteiger partial charge >= 0.3 is 0 Å². The highest BCUT2D eigenvalue weighted by Gasteiger charge is 2.38. The number of benzene rings is 2. The zero-order valence-electron chi connectivity index (χ0n) is 17.8. The summed E-state index contributed by atoms with van der Waals surface area (Å²) in [6, 6.07) is 22.5. The molecule has 1 N–H and O–H groups in total. The zero-order chi connectivity index (χ0) is 23.0. The third-order valence-corrected chi connectivity index (χ3v) is 5.94. The second-order valence-corrected chi connectivity index (χ2v) is 8.33. The minimum atomic E-state index is -0.573. The normalized spacial score (nSPS) is 17.1. The monoisotopic (exact) mass is 458 g/mol. The van der Waals surface area contributed by atoms with Crippen LogP contribution in [-0.2, 0) is 9.59 Å². The molecule has 0 saturated carbocycles. The molecule has 3 aromatic rings. The first-order chi connectivity index (χ1) is 16.1. The standard InChI is InChI=1S/C25H22N4O3S/c1-2-15-29-24(31)22(16-23(30)27-19-11-7-4-8-12-19)33-25(29)28-26-17-20-13-14-21(32-20)18-9-5-3-6-10-18/h2-14,17,22H,1,15-16H2,(H,27,30)/b26-17+,28-25-. The van der Waals surface area contributed by atoms with E-state index in [-0.39, 0.29) is 24.8 Å². The van der Waals surface area contributed by atoms with Crippen molar-refractivity contribution in [3.8, 4) is 11.3 Å². The van der Waals surface area contributed by atoms with Crippen LogP contribution in [0.25, 0.3) is 11.3 Å². The number of thioether (sulfide) groups is 1. The van der Waals surface area contributed by atoms with Gasteiger partial charge in [-0.3, -0.25) is 14.5 Å². The Labute approximate surface area is 195 Å². The maximum Gasteiger partial charge on any atom is 0.243 e. The number of amides is 2. The number of anilines is 1. The number of nitrogens with zero attached hydrogens (tertiary/aromatic N) is 3.